The van der Waals surface area contributed by atoms with Crippen LogP contribution >= 0.6 is 27.3 Å². The molecule has 2 aromatic carbocycles. The number of nitro benzene ring substituents is 1. The number of nitrogens with zero attached hydrogens (tertiary/aromatic N) is 2. The zero-order chi connectivity index (χ0) is 17.3. The van der Waals surface area contributed by atoms with Gasteiger partial charge >= 0.3 is 0 Å². The molecule has 0 aliphatic rings. The number of thiazole rings is 1. The molecule has 124 valence electrons. The average molecular weight is 409 g/mol. The molecular formula is C16H13BrN2O4S. The Morgan fingerprint density at radius 2 is 2.12 bits per heavy atom. The maximum atomic E-state index is 11.1. The van der Waals surface area contributed by atoms with Crippen molar-refractivity contribution < 1.29 is 14.4 Å². The predicted octanol–water partition coefficient (Wildman–Crippen LogP) is 4.93. The number of aromatic nitrogens is 1. The number of hydrogen-bond donors (Lipinski definition) is 0. The first-order valence-electron chi connectivity index (χ1n) is 6.97. The van der Waals surface area contributed by atoms with Gasteiger partial charge < -0.3 is 9.47 Å². The van der Waals surface area contributed by atoms with E-state index in [-0.39, 0.29) is 17.4 Å². The molecule has 24 heavy (non-hydrogen) atoms. The van der Waals surface area contributed by atoms with E-state index in [2.05, 4.69) is 20.9 Å². The maximum absolute atomic E-state index is 11.1. The number of methoxy groups -OCH3 is 1. The Kier molecular flexibility index (Phi) is 4.79. The zero-order valence-electron chi connectivity index (χ0n) is 12.9. The van der Waals surface area contributed by atoms with Gasteiger partial charge in [-0.2, -0.15) is 0 Å². The van der Waals surface area contributed by atoms with Crippen molar-refractivity contribution in [2.75, 3.05) is 13.9 Å². The van der Waals surface area contributed by atoms with Crippen LogP contribution in [0.15, 0.2) is 34.8 Å². The number of fused-ring (bicyclic) bond motifs is 1. The van der Waals surface area contributed by atoms with Gasteiger partial charge in [-0.1, -0.05) is 0 Å². The lowest BCUT2D eigenvalue weighted by Gasteiger charge is -2.07. The van der Waals surface area contributed by atoms with Crippen molar-refractivity contribution >= 4 is 43.2 Å². The monoisotopic (exact) mass is 408 g/mol. The van der Waals surface area contributed by atoms with Crippen LogP contribution in [0.25, 0.3) is 20.8 Å². The van der Waals surface area contributed by atoms with Crippen molar-refractivity contribution in [1.29, 1.82) is 0 Å². The molecule has 1 heterocycles. The fraction of sp³-hybridized carbons (Fsp3) is 0.188. The molecule has 0 amide bonds. The Morgan fingerprint density at radius 1 is 1.33 bits per heavy atom. The minimum Gasteiger partial charge on any atom is -0.466 e. The third-order valence-corrected chi connectivity index (χ3v) is 5.10. The second-order valence-corrected chi connectivity index (χ2v) is 6.96. The summed E-state index contributed by atoms with van der Waals surface area (Å²) in [7, 11) is 1.56. The molecule has 3 aromatic rings. The minimum atomic E-state index is -0.368. The normalized spacial score (nSPS) is 11.0. The first-order valence-corrected chi connectivity index (χ1v) is 8.58. The molecule has 0 radical (unpaired) electrons. The Labute approximate surface area is 150 Å². The maximum Gasteiger partial charge on any atom is 0.273 e. The number of nitro groups is 1. The molecule has 0 atom stereocenters. The standard InChI is InChI=1S/C16H13BrN2O4S/c1-9-5-12-15(7-13(9)19(20)21)24-16(18-12)10-3-4-14(11(17)6-10)23-8-22-2/h3-7H,8H2,1-2H3. The molecule has 0 N–H and O–H groups in total. The number of benzene rings is 2. The van der Waals surface area contributed by atoms with Gasteiger partial charge in [0.2, 0.25) is 0 Å². The second kappa shape index (κ2) is 6.84. The van der Waals surface area contributed by atoms with E-state index < -0.39 is 0 Å². The molecule has 8 heteroatoms. The van der Waals surface area contributed by atoms with Gasteiger partial charge in [-0.3, -0.25) is 10.1 Å². The summed E-state index contributed by atoms with van der Waals surface area (Å²) in [5, 5.41) is 11.9. The van der Waals surface area contributed by atoms with Crippen molar-refractivity contribution in [1.82, 2.24) is 4.98 Å². The lowest BCUT2D eigenvalue weighted by Crippen LogP contribution is -1.99. The lowest BCUT2D eigenvalue weighted by atomic mass is 10.2. The molecular weight excluding hydrogens is 396 g/mol. The first kappa shape index (κ1) is 16.8. The van der Waals surface area contributed by atoms with Crippen LogP contribution in [-0.4, -0.2) is 23.8 Å². The van der Waals surface area contributed by atoms with Gasteiger partial charge in [-0.25, -0.2) is 4.98 Å². The molecule has 0 unspecified atom stereocenters. The topological polar surface area (TPSA) is 74.5 Å². The van der Waals surface area contributed by atoms with Crippen LogP contribution in [0.3, 0.4) is 0 Å². The fourth-order valence-electron chi connectivity index (χ4n) is 2.26. The summed E-state index contributed by atoms with van der Waals surface area (Å²) in [5.41, 5.74) is 2.39. The number of aryl methyl sites for hydroxylation is 1. The Bertz CT molecular complexity index is 926. The molecule has 0 bridgehead atoms. The highest BCUT2D eigenvalue weighted by Gasteiger charge is 2.15. The SMILES string of the molecule is COCOc1ccc(-c2nc3cc(C)c([N+](=O)[O-])cc3s2)cc1Br. The van der Waals surface area contributed by atoms with E-state index in [4.69, 9.17) is 9.47 Å². The molecule has 0 spiro atoms. The summed E-state index contributed by atoms with van der Waals surface area (Å²) in [6.45, 7) is 1.89. The summed E-state index contributed by atoms with van der Waals surface area (Å²) in [5.74, 6) is 0.674. The van der Waals surface area contributed by atoms with Crippen LogP contribution < -0.4 is 4.74 Å². The van der Waals surface area contributed by atoms with E-state index in [1.54, 1.807) is 26.2 Å². The quantitative estimate of drug-likeness (QED) is 0.340. The molecule has 0 saturated carbocycles. The lowest BCUT2D eigenvalue weighted by molar-refractivity contribution is -0.385. The van der Waals surface area contributed by atoms with Crippen molar-refractivity contribution in [3.05, 3.63) is 50.5 Å². The number of ether oxygens (including phenoxy) is 2. The number of halogens is 1. The smallest absolute Gasteiger partial charge is 0.273 e. The van der Waals surface area contributed by atoms with Crippen LogP contribution in [0.1, 0.15) is 5.56 Å². The Hall–Kier alpha value is -2.03. The second-order valence-electron chi connectivity index (χ2n) is 5.08. The van der Waals surface area contributed by atoms with Gasteiger partial charge in [0.1, 0.15) is 10.8 Å². The van der Waals surface area contributed by atoms with E-state index in [0.717, 1.165) is 25.3 Å². The Morgan fingerprint density at radius 3 is 2.79 bits per heavy atom. The van der Waals surface area contributed by atoms with Crippen molar-refractivity contribution in [2.45, 2.75) is 6.92 Å². The highest BCUT2D eigenvalue weighted by molar-refractivity contribution is 9.10. The van der Waals surface area contributed by atoms with Crippen LogP contribution in [-0.2, 0) is 4.74 Å². The first-order chi connectivity index (χ1) is 11.5. The third kappa shape index (κ3) is 3.26. The van der Waals surface area contributed by atoms with Gasteiger partial charge in [0, 0.05) is 24.3 Å². The van der Waals surface area contributed by atoms with Gasteiger partial charge in [0.05, 0.1) is 19.6 Å². The molecule has 0 saturated heterocycles. The average Bonchev–Trinajstić information content (AvgIpc) is 2.95. The predicted molar refractivity (Wildman–Crippen MR) is 96.7 cm³/mol. The molecule has 0 aliphatic carbocycles. The summed E-state index contributed by atoms with van der Waals surface area (Å²) in [6.07, 6.45) is 0. The van der Waals surface area contributed by atoms with E-state index in [9.17, 15) is 10.1 Å². The number of hydrogen-bond acceptors (Lipinski definition) is 6. The van der Waals surface area contributed by atoms with Gasteiger partial charge in [-0.15, -0.1) is 11.3 Å². The van der Waals surface area contributed by atoms with Crippen LogP contribution in [0.4, 0.5) is 5.69 Å². The zero-order valence-corrected chi connectivity index (χ0v) is 15.3. The van der Waals surface area contributed by atoms with E-state index in [1.165, 1.54) is 11.3 Å². The summed E-state index contributed by atoms with van der Waals surface area (Å²) in [6, 6.07) is 8.96. The molecule has 3 rings (SSSR count). The van der Waals surface area contributed by atoms with Crippen molar-refractivity contribution in [3.63, 3.8) is 0 Å². The highest BCUT2D eigenvalue weighted by atomic mass is 79.9. The van der Waals surface area contributed by atoms with E-state index >= 15 is 0 Å². The summed E-state index contributed by atoms with van der Waals surface area (Å²) in [4.78, 5) is 15.3. The van der Waals surface area contributed by atoms with Crippen LogP contribution in [0.5, 0.6) is 5.75 Å². The summed E-state index contributed by atoms with van der Waals surface area (Å²) < 4.78 is 11.9. The number of rotatable bonds is 5. The van der Waals surface area contributed by atoms with Crippen LogP contribution in [0, 0.1) is 17.0 Å². The minimum absolute atomic E-state index is 0.113. The van der Waals surface area contributed by atoms with Crippen molar-refractivity contribution in [3.8, 4) is 16.3 Å². The van der Waals surface area contributed by atoms with Gasteiger partial charge in [0.25, 0.3) is 5.69 Å². The van der Waals surface area contributed by atoms with E-state index in [1.807, 2.05) is 18.2 Å². The van der Waals surface area contributed by atoms with Gasteiger partial charge in [0.15, 0.2) is 6.79 Å². The van der Waals surface area contributed by atoms with Gasteiger partial charge in [-0.05, 0) is 47.1 Å². The highest BCUT2D eigenvalue weighted by Crippen LogP contribution is 2.36. The molecule has 0 fully saturated rings. The fourth-order valence-corrected chi connectivity index (χ4v) is 3.73. The Balaban J connectivity index is 2.00. The largest absolute Gasteiger partial charge is 0.466 e. The molecule has 0 aliphatic heterocycles. The van der Waals surface area contributed by atoms with Crippen molar-refractivity contribution in [2.24, 2.45) is 0 Å². The molecule has 6 nitrogen and oxygen atoms in total. The molecule has 1 aromatic heterocycles. The summed E-state index contributed by atoms with van der Waals surface area (Å²) >= 11 is 4.89. The third-order valence-electron chi connectivity index (χ3n) is 3.41. The van der Waals surface area contributed by atoms with Crippen LogP contribution in [0.2, 0.25) is 0 Å². The van der Waals surface area contributed by atoms with E-state index in [0.29, 0.717) is 11.3 Å².